The van der Waals surface area contributed by atoms with Crippen LogP contribution in [-0.4, -0.2) is 10.8 Å². The summed E-state index contributed by atoms with van der Waals surface area (Å²) >= 11 is 9.32. The van der Waals surface area contributed by atoms with Crippen molar-refractivity contribution in [1.29, 1.82) is 5.26 Å². The van der Waals surface area contributed by atoms with Crippen LogP contribution < -0.4 is 0 Å². The lowest BCUT2D eigenvalue weighted by Gasteiger charge is -2.03. The molecule has 3 aromatic rings. The molecule has 0 aliphatic heterocycles. The molecular weight excluding hydrogens is 352 g/mol. The highest BCUT2D eigenvalue weighted by Crippen LogP contribution is 2.27. The van der Waals surface area contributed by atoms with Crippen molar-refractivity contribution in [2.24, 2.45) is 0 Å². The number of aromatic nitrogens is 1. The van der Waals surface area contributed by atoms with Gasteiger partial charge in [0.15, 0.2) is 5.78 Å². The SMILES string of the molecule is N#Cc1cccc2[nH]cc(C(=O)c3cc(Cl)cc(Br)c3)c12. The molecule has 0 atom stereocenters. The van der Waals surface area contributed by atoms with Crippen LogP contribution in [0.4, 0.5) is 0 Å². The van der Waals surface area contributed by atoms with E-state index in [1.165, 1.54) is 0 Å². The van der Waals surface area contributed by atoms with Crippen LogP contribution in [0.25, 0.3) is 10.9 Å². The van der Waals surface area contributed by atoms with E-state index in [4.69, 9.17) is 11.6 Å². The Balaban J connectivity index is 2.21. The topological polar surface area (TPSA) is 56.6 Å². The molecular formula is C16H8BrClN2O. The molecule has 0 spiro atoms. The lowest BCUT2D eigenvalue weighted by Crippen LogP contribution is -2.01. The first-order chi connectivity index (χ1) is 10.1. The van der Waals surface area contributed by atoms with Crippen LogP contribution in [0.5, 0.6) is 0 Å². The first-order valence-corrected chi connectivity index (χ1v) is 7.28. The van der Waals surface area contributed by atoms with E-state index in [1.807, 2.05) is 6.07 Å². The third kappa shape index (κ3) is 2.46. The van der Waals surface area contributed by atoms with Gasteiger partial charge in [-0.25, -0.2) is 0 Å². The fourth-order valence-electron chi connectivity index (χ4n) is 2.30. The first kappa shape index (κ1) is 13.9. The van der Waals surface area contributed by atoms with Crippen LogP contribution in [-0.2, 0) is 0 Å². The van der Waals surface area contributed by atoms with Gasteiger partial charge in [-0.05, 0) is 30.3 Å². The number of carbonyl (C=O) groups excluding carboxylic acids is 1. The summed E-state index contributed by atoms with van der Waals surface area (Å²) < 4.78 is 0.735. The Labute approximate surface area is 134 Å². The van der Waals surface area contributed by atoms with Gasteiger partial charge in [0, 0.05) is 37.7 Å². The van der Waals surface area contributed by atoms with Crippen molar-refractivity contribution in [3.05, 3.63) is 68.8 Å². The minimum atomic E-state index is -0.174. The van der Waals surface area contributed by atoms with Crippen molar-refractivity contribution < 1.29 is 4.79 Å². The number of carbonyl (C=O) groups is 1. The third-order valence-corrected chi connectivity index (χ3v) is 3.87. The fourth-order valence-corrected chi connectivity index (χ4v) is 3.16. The average molecular weight is 360 g/mol. The van der Waals surface area contributed by atoms with Crippen molar-refractivity contribution in [3.8, 4) is 6.07 Å². The van der Waals surface area contributed by atoms with Crippen molar-refractivity contribution in [2.75, 3.05) is 0 Å². The van der Waals surface area contributed by atoms with Gasteiger partial charge < -0.3 is 4.98 Å². The van der Waals surface area contributed by atoms with Crippen LogP contribution in [0.2, 0.25) is 5.02 Å². The Morgan fingerprint density at radius 1 is 1.29 bits per heavy atom. The van der Waals surface area contributed by atoms with E-state index in [-0.39, 0.29) is 5.78 Å². The van der Waals surface area contributed by atoms with Crippen LogP contribution in [0, 0.1) is 11.3 Å². The van der Waals surface area contributed by atoms with E-state index >= 15 is 0 Å². The highest BCUT2D eigenvalue weighted by molar-refractivity contribution is 9.10. The second-order valence-electron chi connectivity index (χ2n) is 4.53. The summed E-state index contributed by atoms with van der Waals surface area (Å²) in [7, 11) is 0. The molecule has 1 N–H and O–H groups in total. The number of fused-ring (bicyclic) bond motifs is 1. The minimum absolute atomic E-state index is 0.174. The van der Waals surface area contributed by atoms with Crippen LogP contribution >= 0.6 is 27.5 Å². The second kappa shape index (κ2) is 5.36. The van der Waals surface area contributed by atoms with E-state index in [0.29, 0.717) is 27.1 Å². The standard InChI is InChI=1S/C16H8BrClN2O/c17-11-4-10(5-12(18)6-11)16(21)13-8-20-14-3-1-2-9(7-19)15(13)14/h1-6,8,20H. The largest absolute Gasteiger partial charge is 0.360 e. The molecule has 1 aromatic heterocycles. The summed E-state index contributed by atoms with van der Waals surface area (Å²) in [5, 5.41) is 10.3. The Hall–Kier alpha value is -2.09. The minimum Gasteiger partial charge on any atom is -0.360 e. The number of rotatable bonds is 2. The van der Waals surface area contributed by atoms with Crippen molar-refractivity contribution in [2.45, 2.75) is 0 Å². The Morgan fingerprint density at radius 3 is 2.81 bits per heavy atom. The van der Waals surface area contributed by atoms with Gasteiger partial charge in [0.1, 0.15) is 0 Å². The molecule has 0 aliphatic rings. The first-order valence-electron chi connectivity index (χ1n) is 6.11. The molecule has 102 valence electrons. The van der Waals surface area contributed by atoms with Crippen LogP contribution in [0.3, 0.4) is 0 Å². The van der Waals surface area contributed by atoms with Gasteiger partial charge in [-0.2, -0.15) is 5.26 Å². The Bertz CT molecular complexity index is 888. The summed E-state index contributed by atoms with van der Waals surface area (Å²) in [6, 6.07) is 12.5. The smallest absolute Gasteiger partial charge is 0.195 e. The molecule has 0 saturated carbocycles. The summed E-state index contributed by atoms with van der Waals surface area (Å²) in [6.07, 6.45) is 1.63. The zero-order valence-electron chi connectivity index (χ0n) is 10.7. The maximum Gasteiger partial charge on any atom is 0.195 e. The van der Waals surface area contributed by atoms with Gasteiger partial charge in [-0.3, -0.25) is 4.79 Å². The number of hydrogen-bond acceptors (Lipinski definition) is 2. The van der Waals surface area contributed by atoms with Crippen LogP contribution in [0.1, 0.15) is 21.5 Å². The van der Waals surface area contributed by atoms with Gasteiger partial charge in [-0.1, -0.05) is 33.6 Å². The van der Waals surface area contributed by atoms with Gasteiger partial charge in [0.2, 0.25) is 0 Å². The van der Waals surface area contributed by atoms with Gasteiger partial charge in [-0.15, -0.1) is 0 Å². The molecule has 0 aliphatic carbocycles. The third-order valence-electron chi connectivity index (χ3n) is 3.20. The van der Waals surface area contributed by atoms with Gasteiger partial charge in [0.25, 0.3) is 0 Å². The van der Waals surface area contributed by atoms with Crippen molar-refractivity contribution >= 4 is 44.2 Å². The Kier molecular flexibility index (Phi) is 3.54. The lowest BCUT2D eigenvalue weighted by atomic mass is 10.00. The Morgan fingerprint density at radius 2 is 2.10 bits per heavy atom. The van der Waals surface area contributed by atoms with E-state index < -0.39 is 0 Å². The van der Waals surface area contributed by atoms with E-state index in [2.05, 4.69) is 27.0 Å². The number of ketones is 1. The van der Waals surface area contributed by atoms with E-state index in [1.54, 1.807) is 36.5 Å². The number of benzene rings is 2. The van der Waals surface area contributed by atoms with Gasteiger partial charge in [0.05, 0.1) is 11.6 Å². The van der Waals surface area contributed by atoms with E-state index in [9.17, 15) is 10.1 Å². The number of nitrogens with one attached hydrogen (secondary N) is 1. The zero-order chi connectivity index (χ0) is 15.0. The molecule has 0 unspecified atom stereocenters. The molecule has 3 rings (SSSR count). The number of H-pyrrole nitrogens is 1. The molecule has 0 fully saturated rings. The van der Waals surface area contributed by atoms with Gasteiger partial charge >= 0.3 is 0 Å². The number of hydrogen-bond donors (Lipinski definition) is 1. The maximum absolute atomic E-state index is 12.7. The average Bonchev–Trinajstić information content (AvgIpc) is 2.89. The lowest BCUT2D eigenvalue weighted by molar-refractivity contribution is 0.104. The zero-order valence-corrected chi connectivity index (χ0v) is 13.0. The normalized spacial score (nSPS) is 10.5. The predicted molar refractivity (Wildman–Crippen MR) is 85.6 cm³/mol. The molecule has 21 heavy (non-hydrogen) atoms. The number of halogens is 2. The summed E-state index contributed by atoms with van der Waals surface area (Å²) in [6.45, 7) is 0. The van der Waals surface area contributed by atoms with Crippen molar-refractivity contribution in [1.82, 2.24) is 4.98 Å². The monoisotopic (exact) mass is 358 g/mol. The molecule has 5 heteroatoms. The highest BCUT2D eigenvalue weighted by Gasteiger charge is 2.17. The summed E-state index contributed by atoms with van der Waals surface area (Å²) in [4.78, 5) is 15.7. The molecule has 3 nitrogen and oxygen atoms in total. The molecule has 0 saturated heterocycles. The fraction of sp³-hybridized carbons (Fsp3) is 0. The molecule has 0 amide bonds. The van der Waals surface area contributed by atoms with Crippen LogP contribution in [0.15, 0.2) is 47.1 Å². The molecule has 0 bridgehead atoms. The molecule has 1 heterocycles. The quantitative estimate of drug-likeness (QED) is 0.675. The number of aromatic amines is 1. The maximum atomic E-state index is 12.7. The number of nitrogens with zero attached hydrogens (tertiary/aromatic N) is 1. The summed E-state index contributed by atoms with van der Waals surface area (Å²) in [5.41, 5.74) is 2.18. The van der Waals surface area contributed by atoms with Crippen molar-refractivity contribution in [3.63, 3.8) is 0 Å². The highest BCUT2D eigenvalue weighted by atomic mass is 79.9. The predicted octanol–water partition coefficient (Wildman–Crippen LogP) is 4.69. The second-order valence-corrected chi connectivity index (χ2v) is 5.88. The molecule has 0 radical (unpaired) electrons. The van der Waals surface area contributed by atoms with E-state index in [0.717, 1.165) is 9.99 Å². The number of nitriles is 1. The molecule has 2 aromatic carbocycles. The summed E-state index contributed by atoms with van der Waals surface area (Å²) in [5.74, 6) is -0.174.